The lowest BCUT2D eigenvalue weighted by Crippen LogP contribution is -2.47. The van der Waals surface area contributed by atoms with E-state index in [1.54, 1.807) is 0 Å². The Bertz CT molecular complexity index is 722. The highest BCUT2D eigenvalue weighted by Gasteiger charge is 2.33. The van der Waals surface area contributed by atoms with Crippen LogP contribution in [0.5, 0.6) is 0 Å². The van der Waals surface area contributed by atoms with Crippen molar-refractivity contribution in [3.05, 3.63) is 35.6 Å². The minimum Gasteiger partial charge on any atom is -0.464 e. The third-order valence-corrected chi connectivity index (χ3v) is 5.29. The van der Waals surface area contributed by atoms with Crippen LogP contribution in [0.2, 0.25) is 0 Å². The Morgan fingerprint density at radius 2 is 2.22 bits per heavy atom. The highest BCUT2D eigenvalue weighted by molar-refractivity contribution is 5.98. The zero-order valence-corrected chi connectivity index (χ0v) is 13.8. The van der Waals surface area contributed by atoms with Gasteiger partial charge in [0.1, 0.15) is 5.58 Å². The maximum atomic E-state index is 12.6. The maximum absolute atomic E-state index is 12.6. The molecule has 0 spiro atoms. The number of hydrogen-bond donors (Lipinski definition) is 1. The van der Waals surface area contributed by atoms with E-state index in [1.165, 1.54) is 19.5 Å². The van der Waals surface area contributed by atoms with E-state index in [9.17, 15) is 4.79 Å². The molecule has 1 aromatic carbocycles. The molecular weight excluding hydrogens is 288 g/mol. The summed E-state index contributed by atoms with van der Waals surface area (Å²) in [5.74, 6) is 1.18. The van der Waals surface area contributed by atoms with E-state index in [0.29, 0.717) is 5.92 Å². The fourth-order valence-electron chi connectivity index (χ4n) is 4.07. The first kappa shape index (κ1) is 14.8. The Hall–Kier alpha value is -1.81. The number of carbonyl (C=O) groups excluding carboxylic acids is 1. The molecular formula is C19H24N2O2. The topological polar surface area (TPSA) is 45.5 Å². The molecule has 2 aromatic rings. The van der Waals surface area contributed by atoms with Gasteiger partial charge >= 0.3 is 0 Å². The van der Waals surface area contributed by atoms with Crippen LogP contribution in [0.1, 0.15) is 48.5 Å². The molecule has 1 aromatic heterocycles. The highest BCUT2D eigenvalue weighted by atomic mass is 16.3. The first-order valence-electron chi connectivity index (χ1n) is 8.64. The van der Waals surface area contributed by atoms with Crippen LogP contribution < -0.4 is 5.32 Å². The van der Waals surface area contributed by atoms with Crippen molar-refractivity contribution in [2.75, 3.05) is 19.6 Å². The molecule has 3 atom stereocenters. The summed E-state index contributed by atoms with van der Waals surface area (Å²) in [5, 5.41) is 4.29. The molecule has 1 N–H and O–H groups in total. The highest BCUT2D eigenvalue weighted by Crippen LogP contribution is 2.29. The molecule has 4 nitrogen and oxygen atoms in total. The van der Waals surface area contributed by atoms with Crippen LogP contribution in [-0.2, 0) is 0 Å². The third kappa shape index (κ3) is 2.76. The van der Waals surface area contributed by atoms with Gasteiger partial charge < -0.3 is 14.6 Å². The Morgan fingerprint density at radius 3 is 3.00 bits per heavy atom. The zero-order chi connectivity index (χ0) is 16.0. The standard InChI is InChI=1S/C19H24N2O2/c1-12(2)17-11-23-18-4-3-14(8-16(17)18)19(22)20-15-7-13-5-6-21(9-13)10-15/h3-4,8,11-13,15H,5-7,9-10H2,1-2H3,(H,20,22)/t13-,15-/m1/s1. The second-order valence-electron chi connectivity index (χ2n) is 7.38. The van der Waals surface area contributed by atoms with E-state index < -0.39 is 0 Å². The summed E-state index contributed by atoms with van der Waals surface area (Å²) < 4.78 is 5.59. The number of benzene rings is 1. The number of furan rings is 1. The summed E-state index contributed by atoms with van der Waals surface area (Å²) in [5.41, 5.74) is 2.75. The van der Waals surface area contributed by atoms with E-state index in [1.807, 2.05) is 24.5 Å². The molecule has 2 aliphatic rings. The Labute approximate surface area is 136 Å². The fourth-order valence-corrected chi connectivity index (χ4v) is 4.07. The van der Waals surface area contributed by atoms with E-state index in [2.05, 4.69) is 24.1 Å². The molecule has 2 aliphatic heterocycles. The summed E-state index contributed by atoms with van der Waals surface area (Å²) in [6.45, 7) is 7.68. The molecule has 4 rings (SSSR count). The molecule has 2 bridgehead atoms. The van der Waals surface area contributed by atoms with Gasteiger partial charge in [-0.25, -0.2) is 0 Å². The van der Waals surface area contributed by atoms with Crippen molar-refractivity contribution in [2.24, 2.45) is 5.92 Å². The number of nitrogens with zero attached hydrogens (tertiary/aromatic N) is 1. The molecule has 0 saturated carbocycles. The largest absolute Gasteiger partial charge is 0.464 e. The molecule has 122 valence electrons. The van der Waals surface area contributed by atoms with E-state index in [4.69, 9.17) is 4.42 Å². The number of nitrogens with one attached hydrogen (secondary N) is 1. The van der Waals surface area contributed by atoms with Crippen molar-refractivity contribution >= 4 is 16.9 Å². The SMILES string of the molecule is CC(C)c1coc2ccc(C(=O)N[C@@H]3C[C@H]4CCN(C4)C3)cc12. The summed E-state index contributed by atoms with van der Waals surface area (Å²) in [6, 6.07) is 6.03. The first-order valence-corrected chi connectivity index (χ1v) is 8.64. The lowest BCUT2D eigenvalue weighted by Gasteiger charge is -2.30. The number of piperidine rings is 1. The van der Waals surface area contributed by atoms with E-state index in [0.717, 1.165) is 41.0 Å². The van der Waals surface area contributed by atoms with Gasteiger partial charge in [0.15, 0.2) is 0 Å². The molecule has 1 unspecified atom stereocenters. The van der Waals surface area contributed by atoms with Gasteiger partial charge in [-0.3, -0.25) is 4.79 Å². The Balaban J connectivity index is 1.54. The van der Waals surface area contributed by atoms with Crippen LogP contribution in [0.4, 0.5) is 0 Å². The normalized spacial score (nSPS) is 26.8. The Kier molecular flexibility index (Phi) is 3.64. The van der Waals surface area contributed by atoms with Gasteiger partial charge in [-0.1, -0.05) is 13.8 Å². The first-order chi connectivity index (χ1) is 11.1. The third-order valence-electron chi connectivity index (χ3n) is 5.29. The minimum atomic E-state index is 0.0373. The van der Waals surface area contributed by atoms with Gasteiger partial charge in [0, 0.05) is 35.6 Å². The lowest BCUT2D eigenvalue weighted by molar-refractivity contribution is 0.0909. The Morgan fingerprint density at radius 1 is 1.35 bits per heavy atom. The molecule has 2 fully saturated rings. The molecule has 23 heavy (non-hydrogen) atoms. The number of rotatable bonds is 3. The van der Waals surface area contributed by atoms with Gasteiger partial charge in [-0.2, -0.15) is 0 Å². The van der Waals surface area contributed by atoms with Crippen LogP contribution in [0.3, 0.4) is 0 Å². The summed E-state index contributed by atoms with van der Waals surface area (Å²) in [4.78, 5) is 15.1. The average Bonchev–Trinajstić information content (AvgIpc) is 3.09. The quantitative estimate of drug-likeness (QED) is 0.945. The van der Waals surface area contributed by atoms with Gasteiger partial charge in [0.25, 0.3) is 5.91 Å². The molecule has 3 heterocycles. The number of fused-ring (bicyclic) bond motifs is 3. The van der Waals surface area contributed by atoms with Crippen LogP contribution in [0.15, 0.2) is 28.9 Å². The van der Waals surface area contributed by atoms with Gasteiger partial charge in [-0.15, -0.1) is 0 Å². The van der Waals surface area contributed by atoms with Crippen LogP contribution in [-0.4, -0.2) is 36.5 Å². The van der Waals surface area contributed by atoms with Crippen LogP contribution in [0.25, 0.3) is 11.0 Å². The van der Waals surface area contributed by atoms with Crippen molar-refractivity contribution in [3.8, 4) is 0 Å². The second-order valence-corrected chi connectivity index (χ2v) is 7.38. The van der Waals surface area contributed by atoms with Crippen molar-refractivity contribution in [3.63, 3.8) is 0 Å². The summed E-state index contributed by atoms with van der Waals surface area (Å²) in [6.07, 6.45) is 4.21. The average molecular weight is 312 g/mol. The van der Waals surface area contributed by atoms with E-state index in [-0.39, 0.29) is 11.9 Å². The zero-order valence-electron chi connectivity index (χ0n) is 13.8. The predicted octanol–water partition coefficient (Wildman–Crippen LogP) is 3.38. The van der Waals surface area contributed by atoms with Crippen molar-refractivity contribution in [1.29, 1.82) is 0 Å². The number of amides is 1. The summed E-state index contributed by atoms with van der Waals surface area (Å²) >= 11 is 0. The smallest absolute Gasteiger partial charge is 0.251 e. The fraction of sp³-hybridized carbons (Fsp3) is 0.526. The lowest BCUT2D eigenvalue weighted by atomic mass is 9.96. The van der Waals surface area contributed by atoms with Crippen molar-refractivity contribution in [2.45, 2.75) is 38.6 Å². The molecule has 0 radical (unpaired) electrons. The number of hydrogen-bond acceptors (Lipinski definition) is 3. The molecule has 1 amide bonds. The monoisotopic (exact) mass is 312 g/mol. The van der Waals surface area contributed by atoms with Crippen LogP contribution in [0, 0.1) is 5.92 Å². The second kappa shape index (κ2) is 5.68. The number of carbonyl (C=O) groups is 1. The molecule has 0 aliphatic carbocycles. The molecule has 4 heteroatoms. The van der Waals surface area contributed by atoms with Crippen molar-refractivity contribution < 1.29 is 9.21 Å². The maximum Gasteiger partial charge on any atom is 0.251 e. The van der Waals surface area contributed by atoms with Crippen LogP contribution >= 0.6 is 0 Å². The van der Waals surface area contributed by atoms with E-state index >= 15 is 0 Å². The van der Waals surface area contributed by atoms with Gasteiger partial charge in [0.05, 0.1) is 6.26 Å². The van der Waals surface area contributed by atoms with Crippen molar-refractivity contribution in [1.82, 2.24) is 10.2 Å². The minimum absolute atomic E-state index is 0.0373. The molecule has 2 saturated heterocycles. The predicted molar refractivity (Wildman–Crippen MR) is 90.7 cm³/mol. The van der Waals surface area contributed by atoms with Gasteiger partial charge in [-0.05, 0) is 49.4 Å². The summed E-state index contributed by atoms with van der Waals surface area (Å²) in [7, 11) is 0. The van der Waals surface area contributed by atoms with Gasteiger partial charge in [0.2, 0.25) is 0 Å².